The van der Waals surface area contributed by atoms with Crippen LogP contribution in [0.3, 0.4) is 0 Å². The average molecular weight is 260 g/mol. The van der Waals surface area contributed by atoms with Gasteiger partial charge in [-0.3, -0.25) is 4.98 Å². The number of hydrogen-bond donors (Lipinski definition) is 2. The van der Waals surface area contributed by atoms with E-state index in [-0.39, 0.29) is 5.56 Å². The van der Waals surface area contributed by atoms with E-state index in [9.17, 15) is 9.18 Å². The van der Waals surface area contributed by atoms with Crippen molar-refractivity contribution in [2.75, 3.05) is 5.32 Å². The van der Waals surface area contributed by atoms with Crippen LogP contribution < -0.4 is 5.32 Å². The minimum Gasteiger partial charge on any atom is -0.478 e. The Morgan fingerprint density at radius 2 is 2.16 bits per heavy atom. The number of halogens is 1. The summed E-state index contributed by atoms with van der Waals surface area (Å²) in [5.74, 6) is -2.02. The Kier molecular flexibility index (Phi) is 3.75. The molecule has 0 unspecified atom stereocenters. The Bertz CT molecular complexity index is 597. The number of nitrogens with one attached hydrogen (secondary N) is 1. The Morgan fingerprint density at radius 1 is 1.37 bits per heavy atom. The molecule has 5 heteroatoms. The van der Waals surface area contributed by atoms with Crippen molar-refractivity contribution in [3.8, 4) is 0 Å². The van der Waals surface area contributed by atoms with E-state index in [1.165, 1.54) is 12.1 Å². The van der Waals surface area contributed by atoms with Crippen molar-refractivity contribution >= 4 is 11.7 Å². The zero-order valence-electron chi connectivity index (χ0n) is 10.4. The van der Waals surface area contributed by atoms with Crippen LogP contribution in [0.4, 0.5) is 10.1 Å². The zero-order valence-corrected chi connectivity index (χ0v) is 10.4. The number of aromatic nitrogens is 1. The van der Waals surface area contributed by atoms with Gasteiger partial charge in [-0.25, -0.2) is 9.18 Å². The van der Waals surface area contributed by atoms with Gasteiger partial charge in [-0.2, -0.15) is 0 Å². The molecule has 0 saturated heterocycles. The first-order valence-corrected chi connectivity index (χ1v) is 5.74. The van der Waals surface area contributed by atoms with Crippen LogP contribution in [-0.2, 0) is 6.54 Å². The van der Waals surface area contributed by atoms with Crippen LogP contribution in [0.25, 0.3) is 0 Å². The molecule has 0 amide bonds. The lowest BCUT2D eigenvalue weighted by Gasteiger charge is -2.08. The van der Waals surface area contributed by atoms with Crippen molar-refractivity contribution in [2.45, 2.75) is 13.5 Å². The number of pyridine rings is 1. The maximum atomic E-state index is 13.2. The molecule has 0 radical (unpaired) electrons. The monoisotopic (exact) mass is 260 g/mol. The summed E-state index contributed by atoms with van der Waals surface area (Å²) in [6, 6.07) is 7.74. The topological polar surface area (TPSA) is 62.2 Å². The molecule has 0 bridgehead atoms. The molecule has 1 aromatic carbocycles. The maximum Gasteiger partial charge on any atom is 0.338 e. The van der Waals surface area contributed by atoms with Crippen molar-refractivity contribution in [2.24, 2.45) is 0 Å². The normalized spacial score (nSPS) is 10.2. The molecule has 1 heterocycles. The number of hydrogen-bond acceptors (Lipinski definition) is 3. The van der Waals surface area contributed by atoms with E-state index in [4.69, 9.17) is 5.11 Å². The summed E-state index contributed by atoms with van der Waals surface area (Å²) < 4.78 is 13.2. The third-order valence-electron chi connectivity index (χ3n) is 2.67. The molecule has 0 aliphatic carbocycles. The van der Waals surface area contributed by atoms with E-state index >= 15 is 0 Å². The molecular formula is C14H13FN2O2. The number of nitrogens with zero attached hydrogens (tertiary/aromatic N) is 1. The lowest BCUT2D eigenvalue weighted by molar-refractivity contribution is 0.0692. The van der Waals surface area contributed by atoms with Gasteiger partial charge in [-0.05, 0) is 36.8 Å². The summed E-state index contributed by atoms with van der Waals surface area (Å²) in [6.45, 7) is 2.40. The van der Waals surface area contributed by atoms with Gasteiger partial charge in [0.05, 0.1) is 5.56 Å². The summed E-state index contributed by atoms with van der Waals surface area (Å²) in [7, 11) is 0. The van der Waals surface area contributed by atoms with Crippen molar-refractivity contribution < 1.29 is 14.3 Å². The van der Waals surface area contributed by atoms with Gasteiger partial charge in [0.2, 0.25) is 0 Å². The standard InChI is InChI=1S/C14H13FN2O2/c1-9-2-3-10(7-16-9)8-17-11-4-5-13(15)12(6-11)14(18)19/h2-7,17H,8H2,1H3,(H,18,19). The van der Waals surface area contributed by atoms with Crippen molar-refractivity contribution in [1.29, 1.82) is 0 Å². The molecule has 0 atom stereocenters. The van der Waals surface area contributed by atoms with E-state index in [1.807, 2.05) is 19.1 Å². The number of carbonyl (C=O) groups is 1. The molecule has 1 aromatic heterocycles. The van der Waals surface area contributed by atoms with Crippen LogP contribution in [0.15, 0.2) is 36.5 Å². The summed E-state index contributed by atoms with van der Waals surface area (Å²) in [6.07, 6.45) is 1.74. The van der Waals surface area contributed by atoms with Gasteiger partial charge in [-0.15, -0.1) is 0 Å². The van der Waals surface area contributed by atoms with Crippen LogP contribution in [0.5, 0.6) is 0 Å². The molecule has 2 rings (SSSR count). The number of carboxylic acids is 1. The molecule has 0 aliphatic rings. The van der Waals surface area contributed by atoms with Crippen LogP contribution >= 0.6 is 0 Å². The fraction of sp³-hybridized carbons (Fsp3) is 0.143. The third kappa shape index (κ3) is 3.28. The lowest BCUT2D eigenvalue weighted by atomic mass is 10.2. The highest BCUT2D eigenvalue weighted by Crippen LogP contribution is 2.15. The Hall–Kier alpha value is -2.43. The highest BCUT2D eigenvalue weighted by Gasteiger charge is 2.10. The van der Waals surface area contributed by atoms with Gasteiger partial charge < -0.3 is 10.4 Å². The molecule has 19 heavy (non-hydrogen) atoms. The molecule has 0 fully saturated rings. The first kappa shape index (κ1) is 13.0. The van der Waals surface area contributed by atoms with Crippen LogP contribution in [0.1, 0.15) is 21.6 Å². The number of rotatable bonds is 4. The Balaban J connectivity index is 2.09. The second-order valence-electron chi connectivity index (χ2n) is 4.16. The largest absolute Gasteiger partial charge is 0.478 e. The maximum absolute atomic E-state index is 13.2. The molecule has 0 spiro atoms. The Labute approximate surface area is 109 Å². The number of anilines is 1. The summed E-state index contributed by atoms with van der Waals surface area (Å²) in [5, 5.41) is 11.9. The molecule has 0 saturated carbocycles. The predicted octanol–water partition coefficient (Wildman–Crippen LogP) is 2.84. The van der Waals surface area contributed by atoms with Crippen LogP contribution in [-0.4, -0.2) is 16.1 Å². The zero-order chi connectivity index (χ0) is 13.8. The Morgan fingerprint density at radius 3 is 2.79 bits per heavy atom. The first-order chi connectivity index (χ1) is 9.06. The van der Waals surface area contributed by atoms with E-state index in [1.54, 1.807) is 6.20 Å². The predicted molar refractivity (Wildman–Crippen MR) is 69.7 cm³/mol. The molecule has 2 N–H and O–H groups in total. The summed E-state index contributed by atoms with van der Waals surface area (Å²) >= 11 is 0. The molecule has 2 aromatic rings. The fourth-order valence-electron chi connectivity index (χ4n) is 1.61. The number of aryl methyl sites for hydroxylation is 1. The second kappa shape index (κ2) is 5.48. The van der Waals surface area contributed by atoms with Gasteiger partial charge in [0.25, 0.3) is 0 Å². The quantitative estimate of drug-likeness (QED) is 0.887. The number of benzene rings is 1. The summed E-state index contributed by atoms with van der Waals surface area (Å²) in [4.78, 5) is 15.0. The second-order valence-corrected chi connectivity index (χ2v) is 4.16. The van der Waals surface area contributed by atoms with E-state index in [2.05, 4.69) is 10.3 Å². The van der Waals surface area contributed by atoms with E-state index < -0.39 is 11.8 Å². The van der Waals surface area contributed by atoms with Crippen molar-refractivity contribution in [3.05, 3.63) is 59.2 Å². The molecular weight excluding hydrogens is 247 g/mol. The minimum atomic E-state index is -1.28. The van der Waals surface area contributed by atoms with Gasteiger partial charge in [0.15, 0.2) is 0 Å². The highest BCUT2D eigenvalue weighted by molar-refractivity contribution is 5.89. The third-order valence-corrected chi connectivity index (χ3v) is 2.67. The van der Waals surface area contributed by atoms with E-state index in [0.717, 1.165) is 17.3 Å². The van der Waals surface area contributed by atoms with Gasteiger partial charge in [-0.1, -0.05) is 6.07 Å². The average Bonchev–Trinajstić information content (AvgIpc) is 2.39. The molecule has 4 nitrogen and oxygen atoms in total. The van der Waals surface area contributed by atoms with Gasteiger partial charge in [0.1, 0.15) is 5.82 Å². The van der Waals surface area contributed by atoms with Crippen LogP contribution in [0.2, 0.25) is 0 Å². The van der Waals surface area contributed by atoms with Crippen LogP contribution in [0, 0.1) is 12.7 Å². The molecule has 98 valence electrons. The van der Waals surface area contributed by atoms with Crippen molar-refractivity contribution in [3.63, 3.8) is 0 Å². The van der Waals surface area contributed by atoms with Gasteiger partial charge >= 0.3 is 5.97 Å². The highest BCUT2D eigenvalue weighted by atomic mass is 19.1. The lowest BCUT2D eigenvalue weighted by Crippen LogP contribution is -2.04. The number of aromatic carboxylic acids is 1. The first-order valence-electron chi connectivity index (χ1n) is 5.74. The molecule has 0 aliphatic heterocycles. The fourth-order valence-corrected chi connectivity index (χ4v) is 1.61. The minimum absolute atomic E-state index is 0.341. The number of carboxylic acid groups (broad SMARTS) is 1. The van der Waals surface area contributed by atoms with Crippen molar-refractivity contribution in [1.82, 2.24) is 4.98 Å². The SMILES string of the molecule is Cc1ccc(CNc2ccc(F)c(C(=O)O)c2)cn1. The smallest absolute Gasteiger partial charge is 0.338 e. The van der Waals surface area contributed by atoms with Gasteiger partial charge in [0, 0.05) is 24.1 Å². The van der Waals surface area contributed by atoms with E-state index in [0.29, 0.717) is 12.2 Å². The summed E-state index contributed by atoms with van der Waals surface area (Å²) in [5.41, 5.74) is 2.11.